The molecule has 1 aliphatic carbocycles. The summed E-state index contributed by atoms with van der Waals surface area (Å²) >= 11 is 7.82. The van der Waals surface area contributed by atoms with E-state index in [9.17, 15) is 14.9 Å². The van der Waals surface area contributed by atoms with Crippen LogP contribution < -0.4 is 4.90 Å². The number of thioether (sulfide) groups is 1. The molecular formula is C22H18ClN3O2S. The molecule has 0 aromatic heterocycles. The van der Waals surface area contributed by atoms with E-state index in [0.29, 0.717) is 29.4 Å². The zero-order valence-electron chi connectivity index (χ0n) is 15.6. The molecule has 2 amide bonds. The van der Waals surface area contributed by atoms with Gasteiger partial charge in [0.1, 0.15) is 0 Å². The Balaban J connectivity index is 1.59. The van der Waals surface area contributed by atoms with Gasteiger partial charge in [0.2, 0.25) is 5.91 Å². The topological polar surface area (TPSA) is 64.4 Å². The van der Waals surface area contributed by atoms with E-state index in [-0.39, 0.29) is 17.7 Å². The number of benzene rings is 2. The number of nitriles is 1. The van der Waals surface area contributed by atoms with Crippen LogP contribution >= 0.6 is 23.4 Å². The highest BCUT2D eigenvalue weighted by Crippen LogP contribution is 2.56. The molecule has 0 bridgehead atoms. The van der Waals surface area contributed by atoms with Gasteiger partial charge >= 0.3 is 0 Å². The first kappa shape index (κ1) is 18.5. The van der Waals surface area contributed by atoms with Gasteiger partial charge in [0, 0.05) is 28.8 Å². The highest BCUT2D eigenvalue weighted by molar-refractivity contribution is 8.01. The molecular weight excluding hydrogens is 406 g/mol. The van der Waals surface area contributed by atoms with Gasteiger partial charge in [-0.2, -0.15) is 5.26 Å². The lowest BCUT2D eigenvalue weighted by Crippen LogP contribution is -2.50. The maximum Gasteiger partial charge on any atom is 0.268 e. The number of halogens is 1. The third kappa shape index (κ3) is 2.84. The molecule has 2 aliphatic heterocycles. The smallest absolute Gasteiger partial charge is 0.268 e. The van der Waals surface area contributed by atoms with Gasteiger partial charge in [-0.05, 0) is 48.7 Å². The first-order valence-corrected chi connectivity index (χ1v) is 11.0. The summed E-state index contributed by atoms with van der Waals surface area (Å²) < 4.78 is 0. The van der Waals surface area contributed by atoms with Gasteiger partial charge in [0.05, 0.1) is 23.9 Å². The molecule has 146 valence electrons. The lowest BCUT2D eigenvalue weighted by atomic mass is 10.1. The Morgan fingerprint density at radius 3 is 2.86 bits per heavy atom. The van der Waals surface area contributed by atoms with Crippen LogP contribution in [0.2, 0.25) is 5.02 Å². The summed E-state index contributed by atoms with van der Waals surface area (Å²) in [5, 5.41) is 9.74. The maximum absolute atomic E-state index is 13.8. The predicted molar refractivity (Wildman–Crippen MR) is 112 cm³/mol. The lowest BCUT2D eigenvalue weighted by molar-refractivity contribution is -0.141. The van der Waals surface area contributed by atoms with Crippen LogP contribution in [-0.2, 0) is 21.0 Å². The fraction of sp³-hybridized carbons (Fsp3) is 0.318. The van der Waals surface area contributed by atoms with Crippen molar-refractivity contribution in [3.05, 3.63) is 64.2 Å². The number of nitrogens with zero attached hydrogens (tertiary/aromatic N) is 3. The van der Waals surface area contributed by atoms with Crippen molar-refractivity contribution in [2.24, 2.45) is 5.92 Å². The summed E-state index contributed by atoms with van der Waals surface area (Å²) in [6, 6.07) is 14.9. The number of hydrogen-bond acceptors (Lipinski definition) is 4. The molecule has 2 heterocycles. The number of carbonyl (C=O) groups excluding carboxylic acids is 2. The Kier molecular flexibility index (Phi) is 4.34. The summed E-state index contributed by atoms with van der Waals surface area (Å²) in [5.41, 5.74) is 3.01. The van der Waals surface area contributed by atoms with Gasteiger partial charge in [-0.3, -0.25) is 9.59 Å². The highest BCUT2D eigenvalue weighted by atomic mass is 35.5. The molecule has 2 aromatic carbocycles. The SMILES string of the molecule is N#Cc1cccc(CN2C(=O)C3(SCCN3C(=O)C3CC3)c3cc(Cl)ccc32)c1. The third-order valence-electron chi connectivity index (χ3n) is 5.74. The zero-order valence-corrected chi connectivity index (χ0v) is 17.2. The van der Waals surface area contributed by atoms with Crippen LogP contribution in [0.3, 0.4) is 0 Å². The minimum atomic E-state index is -1.03. The van der Waals surface area contributed by atoms with Crippen molar-refractivity contribution in [3.8, 4) is 6.07 Å². The van der Waals surface area contributed by atoms with E-state index in [2.05, 4.69) is 6.07 Å². The van der Waals surface area contributed by atoms with Gasteiger partial charge < -0.3 is 9.80 Å². The molecule has 5 rings (SSSR count). The van der Waals surface area contributed by atoms with Crippen molar-refractivity contribution in [3.63, 3.8) is 0 Å². The number of rotatable bonds is 3. The normalized spacial score (nSPS) is 22.8. The van der Waals surface area contributed by atoms with E-state index in [1.807, 2.05) is 24.3 Å². The van der Waals surface area contributed by atoms with E-state index < -0.39 is 4.87 Å². The van der Waals surface area contributed by atoms with Crippen LogP contribution in [0.4, 0.5) is 5.69 Å². The minimum absolute atomic E-state index is 0.0439. The molecule has 1 unspecified atom stereocenters. The molecule has 0 radical (unpaired) electrons. The Morgan fingerprint density at radius 1 is 1.28 bits per heavy atom. The number of carbonyl (C=O) groups is 2. The van der Waals surface area contributed by atoms with Gasteiger partial charge in [-0.15, -0.1) is 11.8 Å². The van der Waals surface area contributed by atoms with Gasteiger partial charge in [-0.1, -0.05) is 23.7 Å². The fourth-order valence-electron chi connectivity index (χ4n) is 4.24. The molecule has 0 N–H and O–H groups in total. The van der Waals surface area contributed by atoms with Crippen LogP contribution in [0.25, 0.3) is 0 Å². The first-order valence-electron chi connectivity index (χ1n) is 9.61. The molecule has 5 nitrogen and oxygen atoms in total. The van der Waals surface area contributed by atoms with Crippen molar-refractivity contribution in [2.75, 3.05) is 17.2 Å². The second kappa shape index (κ2) is 6.79. The Hall–Kier alpha value is -2.49. The number of hydrogen-bond donors (Lipinski definition) is 0. The zero-order chi connectivity index (χ0) is 20.2. The molecule has 29 heavy (non-hydrogen) atoms. The van der Waals surface area contributed by atoms with E-state index >= 15 is 0 Å². The average Bonchev–Trinajstić information content (AvgIpc) is 3.45. The van der Waals surface area contributed by atoms with Gasteiger partial charge in [-0.25, -0.2) is 0 Å². The second-order valence-electron chi connectivity index (χ2n) is 7.62. The summed E-state index contributed by atoms with van der Waals surface area (Å²) in [5.74, 6) is 0.729. The Labute approximate surface area is 178 Å². The summed E-state index contributed by atoms with van der Waals surface area (Å²) in [6.07, 6.45) is 1.80. The van der Waals surface area contributed by atoms with E-state index in [1.54, 1.807) is 28.0 Å². The molecule has 1 saturated heterocycles. The molecule has 3 aliphatic rings. The van der Waals surface area contributed by atoms with Crippen molar-refractivity contribution in [2.45, 2.75) is 24.3 Å². The molecule has 2 fully saturated rings. The molecule has 7 heteroatoms. The van der Waals surface area contributed by atoms with Crippen molar-refractivity contribution >= 4 is 40.9 Å². The first-order chi connectivity index (χ1) is 14.0. The van der Waals surface area contributed by atoms with Crippen molar-refractivity contribution in [1.29, 1.82) is 5.26 Å². The van der Waals surface area contributed by atoms with Crippen LogP contribution in [0.5, 0.6) is 0 Å². The predicted octanol–water partition coefficient (Wildman–Crippen LogP) is 3.90. The monoisotopic (exact) mass is 423 g/mol. The van der Waals surface area contributed by atoms with Crippen molar-refractivity contribution in [1.82, 2.24) is 4.90 Å². The Bertz CT molecular complexity index is 1080. The van der Waals surface area contributed by atoms with Crippen LogP contribution in [0, 0.1) is 17.2 Å². The molecule has 1 atom stereocenters. The summed E-state index contributed by atoms with van der Waals surface area (Å²) in [6.45, 7) is 0.909. The molecule has 1 spiro atoms. The van der Waals surface area contributed by atoms with Gasteiger partial charge in [0.15, 0.2) is 4.87 Å². The minimum Gasteiger partial charge on any atom is -0.315 e. The van der Waals surface area contributed by atoms with Crippen molar-refractivity contribution < 1.29 is 9.59 Å². The standard InChI is InChI=1S/C22H18ClN3O2S/c23-17-6-7-19-18(11-17)22(26(8-9-29-22)20(27)16-4-5-16)21(28)25(19)13-15-3-1-2-14(10-15)12-24/h1-3,6-7,10-11,16H,4-5,8-9,13H2. The quantitative estimate of drug-likeness (QED) is 0.751. The van der Waals surface area contributed by atoms with Crippen LogP contribution in [-0.4, -0.2) is 29.0 Å². The molecule has 1 saturated carbocycles. The fourth-order valence-corrected chi connectivity index (χ4v) is 5.87. The average molecular weight is 424 g/mol. The number of amides is 2. The number of anilines is 1. The summed E-state index contributed by atoms with van der Waals surface area (Å²) in [4.78, 5) is 29.3. The lowest BCUT2D eigenvalue weighted by Gasteiger charge is -2.33. The number of fused-ring (bicyclic) bond motifs is 2. The van der Waals surface area contributed by atoms with Crippen LogP contribution in [0.1, 0.15) is 29.5 Å². The molecule has 2 aromatic rings. The van der Waals surface area contributed by atoms with E-state index in [0.717, 1.165) is 29.7 Å². The largest absolute Gasteiger partial charge is 0.315 e. The second-order valence-corrected chi connectivity index (χ2v) is 9.35. The van der Waals surface area contributed by atoms with Gasteiger partial charge in [0.25, 0.3) is 5.91 Å². The third-order valence-corrected chi connectivity index (χ3v) is 7.40. The Morgan fingerprint density at radius 2 is 2.10 bits per heavy atom. The van der Waals surface area contributed by atoms with E-state index in [4.69, 9.17) is 11.6 Å². The maximum atomic E-state index is 13.8. The van der Waals surface area contributed by atoms with Crippen LogP contribution in [0.15, 0.2) is 42.5 Å². The van der Waals surface area contributed by atoms with E-state index in [1.165, 1.54) is 11.8 Å². The summed E-state index contributed by atoms with van der Waals surface area (Å²) in [7, 11) is 0. The highest BCUT2D eigenvalue weighted by Gasteiger charge is 2.60.